The third-order valence-electron chi connectivity index (χ3n) is 4.10. The first kappa shape index (κ1) is 21.3. The highest BCUT2D eigenvalue weighted by Gasteiger charge is 2.30. The van der Waals surface area contributed by atoms with Crippen molar-refractivity contribution >= 4 is 29.0 Å². The number of rotatable bonds is 6. The molecule has 1 aromatic carbocycles. The van der Waals surface area contributed by atoms with Crippen LogP contribution < -0.4 is 5.32 Å². The van der Waals surface area contributed by atoms with Crippen LogP contribution in [0.3, 0.4) is 0 Å². The van der Waals surface area contributed by atoms with Gasteiger partial charge in [0.1, 0.15) is 6.54 Å². The van der Waals surface area contributed by atoms with Crippen molar-refractivity contribution in [2.75, 3.05) is 5.32 Å². The molecule has 3 aromatic rings. The molecule has 0 aliphatic heterocycles. The van der Waals surface area contributed by atoms with E-state index in [0.29, 0.717) is 11.3 Å². The van der Waals surface area contributed by atoms with Crippen LogP contribution in [0.5, 0.6) is 0 Å². The molecule has 0 radical (unpaired) electrons. The molecule has 1 N–H and O–H groups in total. The van der Waals surface area contributed by atoms with Crippen molar-refractivity contribution in [1.29, 1.82) is 0 Å². The lowest BCUT2D eigenvalue weighted by molar-refractivity contribution is -0.389. The SMILES string of the molecule is Cc1c(Cl)c([N+](=O)[O-])nn1CC(=O)Nc1cnn(Cc2cccc(C(F)(F)F)c2)c1. The first-order valence-corrected chi connectivity index (χ1v) is 8.78. The number of hydrogen-bond donors (Lipinski definition) is 1. The molecule has 2 heterocycles. The monoisotopic (exact) mass is 442 g/mol. The molecular formula is C17H14ClF3N6O3. The number of benzene rings is 1. The smallest absolute Gasteiger partial charge is 0.358 e. The number of nitro groups is 1. The molecule has 13 heteroatoms. The second-order valence-corrected chi connectivity index (χ2v) is 6.69. The third kappa shape index (κ3) is 4.76. The van der Waals surface area contributed by atoms with Crippen molar-refractivity contribution in [3.8, 4) is 0 Å². The van der Waals surface area contributed by atoms with Gasteiger partial charge in [0.15, 0.2) is 5.02 Å². The number of amides is 1. The third-order valence-corrected chi connectivity index (χ3v) is 4.54. The minimum atomic E-state index is -4.44. The predicted octanol–water partition coefficient (Wildman–Crippen LogP) is 3.66. The van der Waals surface area contributed by atoms with Crippen molar-refractivity contribution in [2.24, 2.45) is 0 Å². The van der Waals surface area contributed by atoms with E-state index in [1.54, 1.807) is 0 Å². The fraction of sp³-hybridized carbons (Fsp3) is 0.235. The fourth-order valence-corrected chi connectivity index (χ4v) is 2.87. The molecule has 0 bridgehead atoms. The topological polar surface area (TPSA) is 108 Å². The summed E-state index contributed by atoms with van der Waals surface area (Å²) in [7, 11) is 0. The van der Waals surface area contributed by atoms with Crippen LogP contribution in [0.15, 0.2) is 36.7 Å². The van der Waals surface area contributed by atoms with Gasteiger partial charge in [0.05, 0.1) is 34.8 Å². The number of nitrogens with zero attached hydrogens (tertiary/aromatic N) is 5. The maximum Gasteiger partial charge on any atom is 0.416 e. The molecule has 2 aromatic heterocycles. The summed E-state index contributed by atoms with van der Waals surface area (Å²) in [5, 5.41) is 21.0. The van der Waals surface area contributed by atoms with E-state index in [1.807, 2.05) is 0 Å². The standard InChI is InChI=1S/C17H14ClF3N6O3/c1-10-15(18)16(27(29)30)24-26(10)9-14(28)23-13-6-22-25(8-13)7-11-3-2-4-12(5-11)17(19,20)21/h2-6,8H,7,9H2,1H3,(H,23,28). The van der Waals surface area contributed by atoms with E-state index < -0.39 is 28.4 Å². The quantitative estimate of drug-likeness (QED) is 0.463. The van der Waals surface area contributed by atoms with Gasteiger partial charge >= 0.3 is 12.0 Å². The minimum Gasteiger partial charge on any atom is -0.358 e. The van der Waals surface area contributed by atoms with Gasteiger partial charge in [0.2, 0.25) is 5.91 Å². The molecule has 0 aliphatic carbocycles. The Morgan fingerprint density at radius 3 is 2.73 bits per heavy atom. The van der Waals surface area contributed by atoms with Crippen LogP contribution in [0.1, 0.15) is 16.8 Å². The van der Waals surface area contributed by atoms with Gasteiger partial charge in [-0.3, -0.25) is 9.48 Å². The molecule has 30 heavy (non-hydrogen) atoms. The Morgan fingerprint density at radius 1 is 1.37 bits per heavy atom. The average molecular weight is 443 g/mol. The van der Waals surface area contributed by atoms with Crippen LogP contribution in [-0.4, -0.2) is 30.4 Å². The molecule has 0 atom stereocenters. The summed E-state index contributed by atoms with van der Waals surface area (Å²) in [6, 6.07) is 4.84. The number of carbonyl (C=O) groups excluding carboxylic acids is 1. The van der Waals surface area contributed by atoms with Crippen LogP contribution in [0, 0.1) is 17.0 Å². The van der Waals surface area contributed by atoms with Crippen molar-refractivity contribution in [3.63, 3.8) is 0 Å². The van der Waals surface area contributed by atoms with Crippen molar-refractivity contribution in [1.82, 2.24) is 19.6 Å². The van der Waals surface area contributed by atoms with E-state index in [4.69, 9.17) is 11.6 Å². The molecule has 0 spiro atoms. The summed E-state index contributed by atoms with van der Waals surface area (Å²) >= 11 is 5.83. The fourth-order valence-electron chi connectivity index (χ4n) is 2.66. The average Bonchev–Trinajstić information content (AvgIpc) is 3.20. The van der Waals surface area contributed by atoms with Crippen molar-refractivity contribution < 1.29 is 22.9 Å². The molecular weight excluding hydrogens is 429 g/mol. The highest BCUT2D eigenvalue weighted by atomic mass is 35.5. The summed E-state index contributed by atoms with van der Waals surface area (Å²) < 4.78 is 40.9. The minimum absolute atomic E-state index is 0.0693. The maximum absolute atomic E-state index is 12.8. The largest absolute Gasteiger partial charge is 0.416 e. The van der Waals surface area contributed by atoms with Gasteiger partial charge in [-0.15, -0.1) is 0 Å². The van der Waals surface area contributed by atoms with E-state index in [0.717, 1.165) is 16.8 Å². The van der Waals surface area contributed by atoms with Gasteiger partial charge in [0, 0.05) is 6.20 Å². The molecule has 0 aliphatic rings. The zero-order chi connectivity index (χ0) is 22.1. The Hall–Kier alpha value is -3.41. The molecule has 9 nitrogen and oxygen atoms in total. The highest BCUT2D eigenvalue weighted by Crippen LogP contribution is 2.30. The Morgan fingerprint density at radius 2 is 2.10 bits per heavy atom. The zero-order valence-electron chi connectivity index (χ0n) is 15.4. The second-order valence-electron chi connectivity index (χ2n) is 6.31. The maximum atomic E-state index is 12.8. The van der Waals surface area contributed by atoms with Crippen LogP contribution in [0.4, 0.5) is 24.7 Å². The Labute approximate surface area is 172 Å². The zero-order valence-corrected chi connectivity index (χ0v) is 16.1. The van der Waals surface area contributed by atoms with Crippen LogP contribution in [0.2, 0.25) is 5.02 Å². The first-order chi connectivity index (χ1) is 14.0. The molecule has 0 saturated carbocycles. The lowest BCUT2D eigenvalue weighted by atomic mass is 10.1. The number of halogens is 4. The predicted molar refractivity (Wildman–Crippen MR) is 100 cm³/mol. The molecule has 158 valence electrons. The van der Waals surface area contributed by atoms with Gasteiger partial charge in [0.25, 0.3) is 0 Å². The summed E-state index contributed by atoms with van der Waals surface area (Å²) in [5.74, 6) is -1.08. The molecule has 1 amide bonds. The molecule has 0 saturated heterocycles. The summed E-state index contributed by atoms with van der Waals surface area (Å²) in [6.45, 7) is 1.24. The van der Waals surface area contributed by atoms with Gasteiger partial charge in [-0.1, -0.05) is 23.7 Å². The van der Waals surface area contributed by atoms with E-state index in [1.165, 1.54) is 36.1 Å². The first-order valence-electron chi connectivity index (χ1n) is 8.40. The van der Waals surface area contributed by atoms with Gasteiger partial charge in [-0.25, -0.2) is 0 Å². The molecule has 3 rings (SSSR count). The number of carbonyl (C=O) groups is 1. The number of hydrogen-bond acceptors (Lipinski definition) is 5. The van der Waals surface area contributed by atoms with Gasteiger partial charge in [-0.05, 0) is 29.5 Å². The van der Waals surface area contributed by atoms with Gasteiger partial charge in [-0.2, -0.15) is 23.0 Å². The summed E-state index contributed by atoms with van der Waals surface area (Å²) in [4.78, 5) is 22.3. The van der Waals surface area contributed by atoms with Crippen LogP contribution in [0.25, 0.3) is 0 Å². The van der Waals surface area contributed by atoms with Crippen molar-refractivity contribution in [2.45, 2.75) is 26.2 Å². The number of nitrogens with one attached hydrogen (secondary N) is 1. The lowest BCUT2D eigenvalue weighted by Crippen LogP contribution is -2.20. The van der Waals surface area contributed by atoms with Crippen molar-refractivity contribution in [3.05, 3.63) is 68.6 Å². The lowest BCUT2D eigenvalue weighted by Gasteiger charge is -2.08. The highest BCUT2D eigenvalue weighted by molar-refractivity contribution is 6.33. The van der Waals surface area contributed by atoms with Gasteiger partial charge < -0.3 is 15.4 Å². The second kappa shape index (κ2) is 8.14. The summed E-state index contributed by atoms with van der Waals surface area (Å²) in [6.07, 6.45) is -1.66. The number of alkyl halides is 3. The number of anilines is 1. The Balaban J connectivity index is 1.65. The Kier molecular flexibility index (Phi) is 5.78. The van der Waals surface area contributed by atoms with E-state index in [9.17, 15) is 28.1 Å². The van der Waals surface area contributed by atoms with Crippen LogP contribution >= 0.6 is 11.6 Å². The number of aromatic nitrogens is 4. The Bertz CT molecular complexity index is 1110. The van der Waals surface area contributed by atoms with E-state index in [2.05, 4.69) is 15.5 Å². The van der Waals surface area contributed by atoms with Crippen LogP contribution in [-0.2, 0) is 24.1 Å². The van der Waals surface area contributed by atoms with E-state index in [-0.39, 0.29) is 23.8 Å². The van der Waals surface area contributed by atoms with E-state index >= 15 is 0 Å². The normalized spacial score (nSPS) is 11.5. The molecule has 0 fully saturated rings. The molecule has 0 unspecified atom stereocenters. The summed E-state index contributed by atoms with van der Waals surface area (Å²) in [5.41, 5.74) is 0.194.